The second-order valence-electron chi connectivity index (χ2n) is 7.19. The van der Waals surface area contributed by atoms with Gasteiger partial charge in [-0.05, 0) is 31.0 Å². The molecule has 1 aliphatic rings. The Morgan fingerprint density at radius 2 is 1.97 bits per heavy atom. The van der Waals surface area contributed by atoms with Gasteiger partial charge in [0.15, 0.2) is 9.84 Å². The van der Waals surface area contributed by atoms with Crippen molar-refractivity contribution >= 4 is 32.6 Å². The monoisotopic (exact) mass is 415 g/mol. The van der Waals surface area contributed by atoms with Crippen molar-refractivity contribution in [3.05, 3.63) is 46.5 Å². The third kappa shape index (κ3) is 3.85. The Hall–Kier alpha value is -2.85. The zero-order valence-electron chi connectivity index (χ0n) is 15.9. The normalized spacial score (nSPS) is 15.1. The van der Waals surface area contributed by atoms with Gasteiger partial charge in [-0.2, -0.15) is 4.98 Å². The van der Waals surface area contributed by atoms with Crippen molar-refractivity contribution in [3.63, 3.8) is 0 Å². The Labute approximate surface area is 167 Å². The smallest absolute Gasteiger partial charge is 0.258 e. The molecule has 9 nitrogen and oxygen atoms in total. The minimum absolute atomic E-state index is 0.0476. The van der Waals surface area contributed by atoms with E-state index in [1.165, 1.54) is 18.3 Å². The van der Waals surface area contributed by atoms with Gasteiger partial charge in [0.2, 0.25) is 5.95 Å². The number of nitrogens with one attached hydrogen (secondary N) is 1. The Balaban J connectivity index is 1.75. The topological polar surface area (TPSA) is 127 Å². The number of pyridine rings is 2. The highest BCUT2D eigenvalue weighted by Crippen LogP contribution is 2.30. The van der Waals surface area contributed by atoms with Crippen LogP contribution in [-0.2, 0) is 16.4 Å². The van der Waals surface area contributed by atoms with E-state index in [2.05, 4.69) is 20.3 Å². The summed E-state index contributed by atoms with van der Waals surface area (Å²) in [5.41, 5.74) is 0.600. The molecule has 3 aromatic heterocycles. The molecular formula is C19H21N5O4S. The average Bonchev–Trinajstić information content (AvgIpc) is 3.21. The van der Waals surface area contributed by atoms with Gasteiger partial charge in [0.1, 0.15) is 11.5 Å². The third-order valence-electron chi connectivity index (χ3n) is 5.11. The first-order valence-corrected chi connectivity index (χ1v) is 11.2. The SMILES string of the molecule is CS(=O)(=O)c1ccc(Nc2ncc3cc(CO)c(=O)n(C4CCCC4)c3n2)nc1. The molecule has 0 bridgehead atoms. The molecule has 1 fully saturated rings. The van der Waals surface area contributed by atoms with Crippen LogP contribution >= 0.6 is 0 Å². The molecule has 0 atom stereocenters. The maximum atomic E-state index is 12.9. The summed E-state index contributed by atoms with van der Waals surface area (Å²) >= 11 is 0. The van der Waals surface area contributed by atoms with E-state index in [-0.39, 0.29) is 29.1 Å². The van der Waals surface area contributed by atoms with Gasteiger partial charge in [-0.3, -0.25) is 9.36 Å². The number of nitrogens with zero attached hydrogens (tertiary/aromatic N) is 4. The molecule has 0 aliphatic heterocycles. The van der Waals surface area contributed by atoms with Crippen LogP contribution in [0, 0.1) is 0 Å². The largest absolute Gasteiger partial charge is 0.391 e. The molecule has 3 heterocycles. The molecule has 152 valence electrons. The van der Waals surface area contributed by atoms with Gasteiger partial charge in [-0.25, -0.2) is 18.4 Å². The highest BCUT2D eigenvalue weighted by Gasteiger charge is 2.22. The van der Waals surface area contributed by atoms with Crippen molar-refractivity contribution in [1.82, 2.24) is 19.5 Å². The second-order valence-corrected chi connectivity index (χ2v) is 9.21. The van der Waals surface area contributed by atoms with Crippen LogP contribution in [0.25, 0.3) is 11.0 Å². The number of aromatic nitrogens is 4. The van der Waals surface area contributed by atoms with E-state index >= 15 is 0 Å². The van der Waals surface area contributed by atoms with Crippen LogP contribution in [0.3, 0.4) is 0 Å². The molecule has 2 N–H and O–H groups in total. The first-order valence-electron chi connectivity index (χ1n) is 9.32. The zero-order valence-corrected chi connectivity index (χ0v) is 16.7. The summed E-state index contributed by atoms with van der Waals surface area (Å²) in [5.74, 6) is 0.637. The number of hydrogen-bond donors (Lipinski definition) is 2. The number of fused-ring (bicyclic) bond motifs is 1. The van der Waals surface area contributed by atoms with Crippen molar-refractivity contribution in [2.45, 2.75) is 43.2 Å². The lowest BCUT2D eigenvalue weighted by molar-refractivity contribution is 0.279. The molecule has 1 saturated carbocycles. The second kappa shape index (κ2) is 7.53. The lowest BCUT2D eigenvalue weighted by Crippen LogP contribution is -2.27. The fraction of sp³-hybridized carbons (Fsp3) is 0.368. The predicted molar refractivity (Wildman–Crippen MR) is 108 cm³/mol. The minimum atomic E-state index is -3.33. The predicted octanol–water partition coefficient (Wildman–Crippen LogP) is 1.94. The van der Waals surface area contributed by atoms with Gasteiger partial charge in [0.05, 0.1) is 11.5 Å². The van der Waals surface area contributed by atoms with E-state index in [1.807, 2.05) is 0 Å². The third-order valence-corrected chi connectivity index (χ3v) is 6.21. The zero-order chi connectivity index (χ0) is 20.6. The van der Waals surface area contributed by atoms with Gasteiger partial charge in [0.25, 0.3) is 5.56 Å². The molecule has 0 amide bonds. The lowest BCUT2D eigenvalue weighted by Gasteiger charge is -2.17. The molecule has 0 aromatic carbocycles. The summed E-state index contributed by atoms with van der Waals surface area (Å²) in [4.78, 5) is 25.9. The minimum Gasteiger partial charge on any atom is -0.391 e. The Morgan fingerprint density at radius 3 is 2.59 bits per heavy atom. The number of hydrogen-bond acceptors (Lipinski definition) is 8. The molecule has 3 aromatic rings. The number of anilines is 2. The Bertz CT molecular complexity index is 1220. The molecule has 4 rings (SSSR count). The van der Waals surface area contributed by atoms with Crippen LogP contribution in [0.2, 0.25) is 0 Å². The molecule has 0 unspecified atom stereocenters. The number of rotatable bonds is 5. The maximum absolute atomic E-state index is 12.9. The van der Waals surface area contributed by atoms with Crippen LogP contribution in [0.15, 0.2) is 40.3 Å². The number of aliphatic hydroxyl groups excluding tert-OH is 1. The summed E-state index contributed by atoms with van der Waals surface area (Å²) in [6.07, 6.45) is 7.87. The van der Waals surface area contributed by atoms with Crippen LogP contribution < -0.4 is 10.9 Å². The quantitative estimate of drug-likeness (QED) is 0.647. The summed E-state index contributed by atoms with van der Waals surface area (Å²) < 4.78 is 24.8. The number of aliphatic hydroxyl groups is 1. The molecular weight excluding hydrogens is 394 g/mol. The molecule has 0 spiro atoms. The number of sulfone groups is 1. The van der Waals surface area contributed by atoms with E-state index in [1.54, 1.807) is 16.8 Å². The Kier molecular flexibility index (Phi) is 5.05. The lowest BCUT2D eigenvalue weighted by atomic mass is 10.2. The van der Waals surface area contributed by atoms with Crippen molar-refractivity contribution < 1.29 is 13.5 Å². The van der Waals surface area contributed by atoms with Crippen LogP contribution in [0.4, 0.5) is 11.8 Å². The summed E-state index contributed by atoms with van der Waals surface area (Å²) in [6, 6.07) is 4.65. The van der Waals surface area contributed by atoms with E-state index in [9.17, 15) is 18.3 Å². The van der Waals surface area contributed by atoms with Crippen molar-refractivity contribution in [3.8, 4) is 0 Å². The molecule has 29 heavy (non-hydrogen) atoms. The van der Waals surface area contributed by atoms with E-state index in [4.69, 9.17) is 0 Å². The van der Waals surface area contributed by atoms with Crippen LogP contribution in [-0.4, -0.2) is 39.3 Å². The standard InChI is InChI=1S/C19H21N5O4S/c1-29(27,28)15-6-7-16(20-10-15)22-19-21-9-12-8-13(11-25)18(26)24(17(12)23-19)14-4-2-3-5-14/h6-10,14,25H,2-5,11H2,1H3,(H,20,21,22,23). The highest BCUT2D eigenvalue weighted by molar-refractivity contribution is 7.90. The van der Waals surface area contributed by atoms with Gasteiger partial charge in [-0.15, -0.1) is 0 Å². The molecule has 1 aliphatic carbocycles. The van der Waals surface area contributed by atoms with Crippen molar-refractivity contribution in [1.29, 1.82) is 0 Å². The maximum Gasteiger partial charge on any atom is 0.258 e. The fourth-order valence-corrected chi connectivity index (χ4v) is 4.20. The highest BCUT2D eigenvalue weighted by atomic mass is 32.2. The Morgan fingerprint density at radius 1 is 1.21 bits per heavy atom. The van der Waals surface area contributed by atoms with Crippen LogP contribution in [0.1, 0.15) is 37.3 Å². The summed E-state index contributed by atoms with van der Waals surface area (Å²) in [6.45, 7) is -0.335. The fourth-order valence-electron chi connectivity index (χ4n) is 3.64. The first kappa shape index (κ1) is 19.5. The van der Waals surface area contributed by atoms with Crippen molar-refractivity contribution in [2.75, 3.05) is 11.6 Å². The molecule has 10 heteroatoms. The van der Waals surface area contributed by atoms with Gasteiger partial charge in [0, 0.05) is 35.6 Å². The van der Waals surface area contributed by atoms with Gasteiger partial charge >= 0.3 is 0 Å². The molecule has 0 radical (unpaired) electrons. The summed E-state index contributed by atoms with van der Waals surface area (Å²) in [7, 11) is -3.33. The first-order chi connectivity index (χ1) is 13.9. The average molecular weight is 415 g/mol. The van der Waals surface area contributed by atoms with Gasteiger partial charge < -0.3 is 10.4 Å². The van der Waals surface area contributed by atoms with Gasteiger partial charge in [-0.1, -0.05) is 12.8 Å². The van der Waals surface area contributed by atoms with E-state index < -0.39 is 9.84 Å². The molecule has 0 saturated heterocycles. The van der Waals surface area contributed by atoms with Crippen molar-refractivity contribution in [2.24, 2.45) is 0 Å². The van der Waals surface area contributed by atoms with E-state index in [0.717, 1.165) is 31.9 Å². The van der Waals surface area contributed by atoms with Crippen LogP contribution in [0.5, 0.6) is 0 Å². The summed E-state index contributed by atoms with van der Waals surface area (Å²) in [5, 5.41) is 13.2. The van der Waals surface area contributed by atoms with E-state index in [0.29, 0.717) is 22.4 Å².